The number of rotatable bonds is 11. The van der Waals surface area contributed by atoms with E-state index in [-0.39, 0.29) is 0 Å². The van der Waals surface area contributed by atoms with Crippen molar-refractivity contribution in [2.75, 3.05) is 13.1 Å². The van der Waals surface area contributed by atoms with Crippen LogP contribution < -0.4 is 22.5 Å². The highest BCUT2D eigenvalue weighted by atomic mass is 15.5. The standard InChI is InChI=1S/C10H26N4/c11-9-7-5-3-1-2-4-6-8-10-13-14-12/h13-14H,1-12H2. The molecule has 0 radical (unpaired) electrons. The van der Waals surface area contributed by atoms with Crippen molar-refractivity contribution < 1.29 is 0 Å². The van der Waals surface area contributed by atoms with Crippen molar-refractivity contribution in [2.45, 2.75) is 51.4 Å². The molecule has 0 bridgehead atoms. The summed E-state index contributed by atoms with van der Waals surface area (Å²) in [5, 5.41) is 0. The normalized spacial score (nSPS) is 10.7. The quantitative estimate of drug-likeness (QED) is 0.229. The molecule has 0 aromatic rings. The minimum atomic E-state index is 0.845. The Bertz CT molecular complexity index is 86.1. The topological polar surface area (TPSA) is 76.1 Å². The van der Waals surface area contributed by atoms with Gasteiger partial charge in [0.15, 0.2) is 0 Å². The largest absolute Gasteiger partial charge is 0.330 e. The van der Waals surface area contributed by atoms with Crippen molar-refractivity contribution in [3.63, 3.8) is 0 Å². The van der Waals surface area contributed by atoms with E-state index in [1.807, 2.05) is 0 Å². The van der Waals surface area contributed by atoms with Gasteiger partial charge in [0.1, 0.15) is 0 Å². The average Bonchev–Trinajstić information content (AvgIpc) is 2.21. The minimum absolute atomic E-state index is 0.845. The molecule has 86 valence electrons. The number of hydrazine groups is 2. The van der Waals surface area contributed by atoms with Crippen LogP contribution in [0.15, 0.2) is 0 Å². The fourth-order valence-corrected chi connectivity index (χ4v) is 1.49. The molecule has 0 unspecified atom stereocenters. The highest BCUT2D eigenvalue weighted by molar-refractivity contribution is 4.48. The number of hydrogen-bond acceptors (Lipinski definition) is 4. The molecular weight excluding hydrogens is 176 g/mol. The smallest absolute Gasteiger partial charge is 0.0113 e. The van der Waals surface area contributed by atoms with E-state index in [0.717, 1.165) is 13.1 Å². The molecule has 0 aliphatic rings. The highest BCUT2D eigenvalue weighted by Gasteiger charge is 1.91. The van der Waals surface area contributed by atoms with Gasteiger partial charge in [0.25, 0.3) is 0 Å². The van der Waals surface area contributed by atoms with E-state index in [1.165, 1.54) is 51.4 Å². The molecule has 0 saturated carbocycles. The summed E-state index contributed by atoms with van der Waals surface area (Å²) in [7, 11) is 0. The first-order valence-electron chi connectivity index (χ1n) is 5.80. The molecule has 0 aliphatic carbocycles. The fraction of sp³-hybridized carbons (Fsp3) is 1.00. The molecule has 0 heterocycles. The summed E-state index contributed by atoms with van der Waals surface area (Å²) in [6.45, 7) is 1.81. The van der Waals surface area contributed by atoms with E-state index in [1.54, 1.807) is 0 Å². The predicted molar refractivity (Wildman–Crippen MR) is 61.3 cm³/mol. The SMILES string of the molecule is NCCCCCCCCCCNNN. The Hall–Kier alpha value is -0.160. The third-order valence-corrected chi connectivity index (χ3v) is 2.36. The van der Waals surface area contributed by atoms with Crippen LogP contribution in [0.3, 0.4) is 0 Å². The second-order valence-corrected chi connectivity index (χ2v) is 3.69. The second kappa shape index (κ2) is 12.8. The van der Waals surface area contributed by atoms with Crippen molar-refractivity contribution in [2.24, 2.45) is 11.6 Å². The molecule has 0 fully saturated rings. The lowest BCUT2D eigenvalue weighted by Crippen LogP contribution is -2.38. The summed E-state index contributed by atoms with van der Waals surface area (Å²) in [5.74, 6) is 5.07. The van der Waals surface area contributed by atoms with Gasteiger partial charge in [-0.1, -0.05) is 38.5 Å². The number of hydrogen-bond donors (Lipinski definition) is 4. The van der Waals surface area contributed by atoms with Crippen molar-refractivity contribution in [1.29, 1.82) is 0 Å². The van der Waals surface area contributed by atoms with Crippen LogP contribution in [0.25, 0.3) is 0 Å². The van der Waals surface area contributed by atoms with Crippen LogP contribution in [0.2, 0.25) is 0 Å². The van der Waals surface area contributed by atoms with Gasteiger partial charge in [0.05, 0.1) is 0 Å². The molecule has 0 rings (SSSR count). The predicted octanol–water partition coefficient (Wildman–Crippen LogP) is 1.03. The molecule has 0 amide bonds. The highest BCUT2D eigenvalue weighted by Crippen LogP contribution is 2.07. The Morgan fingerprint density at radius 2 is 1.21 bits per heavy atom. The van der Waals surface area contributed by atoms with Crippen LogP contribution in [0.5, 0.6) is 0 Å². The Kier molecular flexibility index (Phi) is 12.7. The summed E-state index contributed by atoms with van der Waals surface area (Å²) < 4.78 is 0. The van der Waals surface area contributed by atoms with Crippen LogP contribution in [0, 0.1) is 0 Å². The Morgan fingerprint density at radius 3 is 1.71 bits per heavy atom. The first-order chi connectivity index (χ1) is 6.91. The van der Waals surface area contributed by atoms with Crippen molar-refractivity contribution >= 4 is 0 Å². The van der Waals surface area contributed by atoms with Gasteiger partial charge < -0.3 is 5.73 Å². The Morgan fingerprint density at radius 1 is 0.714 bits per heavy atom. The first-order valence-corrected chi connectivity index (χ1v) is 5.80. The molecule has 0 aliphatic heterocycles. The maximum atomic E-state index is 5.41. The Balaban J connectivity index is 2.78. The van der Waals surface area contributed by atoms with Gasteiger partial charge in [0.2, 0.25) is 0 Å². The number of unbranched alkanes of at least 4 members (excludes halogenated alkanes) is 7. The lowest BCUT2D eigenvalue weighted by atomic mass is 10.1. The first kappa shape index (κ1) is 13.8. The van der Waals surface area contributed by atoms with Crippen LogP contribution in [0.1, 0.15) is 51.4 Å². The number of nitrogens with one attached hydrogen (secondary N) is 2. The molecule has 0 aromatic carbocycles. The molecule has 6 N–H and O–H groups in total. The second-order valence-electron chi connectivity index (χ2n) is 3.69. The van der Waals surface area contributed by atoms with Gasteiger partial charge in [-0.3, -0.25) is 5.84 Å². The van der Waals surface area contributed by atoms with Crippen molar-refractivity contribution in [3.05, 3.63) is 0 Å². The van der Waals surface area contributed by atoms with Crippen LogP contribution in [-0.2, 0) is 0 Å². The zero-order chi connectivity index (χ0) is 10.5. The van der Waals surface area contributed by atoms with E-state index in [9.17, 15) is 0 Å². The molecule has 4 nitrogen and oxygen atoms in total. The van der Waals surface area contributed by atoms with Crippen molar-refractivity contribution in [3.8, 4) is 0 Å². The Labute approximate surface area is 87.7 Å². The average molecular weight is 202 g/mol. The maximum absolute atomic E-state index is 5.41. The number of nitrogens with two attached hydrogens (primary N) is 2. The molecule has 4 heteroatoms. The van der Waals surface area contributed by atoms with Gasteiger partial charge in [-0.25, -0.2) is 5.43 Å². The van der Waals surface area contributed by atoms with Gasteiger partial charge >= 0.3 is 0 Å². The van der Waals surface area contributed by atoms with Gasteiger partial charge in [-0.05, 0) is 19.4 Å². The monoisotopic (exact) mass is 202 g/mol. The van der Waals surface area contributed by atoms with E-state index >= 15 is 0 Å². The van der Waals surface area contributed by atoms with Crippen LogP contribution in [0.4, 0.5) is 0 Å². The van der Waals surface area contributed by atoms with Gasteiger partial charge in [0, 0.05) is 6.54 Å². The summed E-state index contributed by atoms with van der Waals surface area (Å²) in [5.41, 5.74) is 10.7. The third kappa shape index (κ3) is 11.8. The maximum Gasteiger partial charge on any atom is 0.0113 e. The van der Waals surface area contributed by atoms with E-state index in [0.29, 0.717) is 0 Å². The zero-order valence-electron chi connectivity index (χ0n) is 9.23. The van der Waals surface area contributed by atoms with E-state index in [2.05, 4.69) is 11.0 Å². The molecule has 0 saturated heterocycles. The molecule has 0 atom stereocenters. The van der Waals surface area contributed by atoms with Gasteiger partial charge in [-0.2, -0.15) is 5.53 Å². The molecule has 0 aromatic heterocycles. The van der Waals surface area contributed by atoms with E-state index in [4.69, 9.17) is 11.6 Å². The third-order valence-electron chi connectivity index (χ3n) is 2.36. The van der Waals surface area contributed by atoms with Crippen LogP contribution >= 0.6 is 0 Å². The fourth-order valence-electron chi connectivity index (χ4n) is 1.49. The summed E-state index contributed by atoms with van der Waals surface area (Å²) >= 11 is 0. The minimum Gasteiger partial charge on any atom is -0.330 e. The molecular formula is C10H26N4. The molecule has 14 heavy (non-hydrogen) atoms. The summed E-state index contributed by atoms with van der Waals surface area (Å²) in [6, 6.07) is 0. The van der Waals surface area contributed by atoms with E-state index < -0.39 is 0 Å². The summed E-state index contributed by atoms with van der Waals surface area (Å²) in [4.78, 5) is 0. The van der Waals surface area contributed by atoms with Crippen LogP contribution in [-0.4, -0.2) is 13.1 Å². The zero-order valence-corrected chi connectivity index (χ0v) is 9.23. The lowest BCUT2D eigenvalue weighted by Gasteiger charge is -2.02. The summed E-state index contributed by atoms with van der Waals surface area (Å²) in [6.07, 6.45) is 10.4. The van der Waals surface area contributed by atoms with Crippen molar-refractivity contribution in [1.82, 2.24) is 11.0 Å². The van der Waals surface area contributed by atoms with Gasteiger partial charge in [-0.15, -0.1) is 0 Å². The molecule has 0 spiro atoms. The lowest BCUT2D eigenvalue weighted by molar-refractivity contribution is 0.508.